The van der Waals surface area contributed by atoms with Gasteiger partial charge in [-0.15, -0.1) is 0 Å². The Balaban J connectivity index is 2.00. The van der Waals surface area contributed by atoms with Crippen LogP contribution in [0, 0.1) is 0 Å². The maximum Gasteiger partial charge on any atom is 0.329 e. The van der Waals surface area contributed by atoms with E-state index in [0.717, 1.165) is 0 Å². The summed E-state index contributed by atoms with van der Waals surface area (Å²) in [6.45, 7) is 1.84. The molecule has 1 saturated heterocycles. The van der Waals surface area contributed by atoms with Crippen LogP contribution in [0.15, 0.2) is 24.3 Å². The number of carbonyl (C=O) groups is 2. The third-order valence-corrected chi connectivity index (χ3v) is 3.81. The molecule has 0 bridgehead atoms. The van der Waals surface area contributed by atoms with Crippen molar-refractivity contribution in [1.29, 1.82) is 0 Å². The second kappa shape index (κ2) is 6.03. The van der Waals surface area contributed by atoms with Crippen molar-refractivity contribution < 1.29 is 24.2 Å². The van der Waals surface area contributed by atoms with Gasteiger partial charge in [0.25, 0.3) is 5.91 Å². The fraction of sp³-hybridized carbons (Fsp3) is 0.467. The molecule has 21 heavy (non-hydrogen) atoms. The van der Waals surface area contributed by atoms with Crippen LogP contribution < -0.4 is 9.47 Å². The summed E-state index contributed by atoms with van der Waals surface area (Å²) in [5.74, 6) is -0.148. The van der Waals surface area contributed by atoms with E-state index >= 15 is 0 Å². The lowest BCUT2D eigenvalue weighted by molar-refractivity contribution is -0.156. The van der Waals surface area contributed by atoms with E-state index in [4.69, 9.17) is 9.47 Å². The van der Waals surface area contributed by atoms with Gasteiger partial charge in [-0.3, -0.25) is 4.79 Å². The normalized spacial score (nSPS) is 21.1. The molecule has 0 saturated carbocycles. The summed E-state index contributed by atoms with van der Waals surface area (Å²) in [6, 6.07) is 6.93. The standard InChI is InChI=1S/C15H19NO5/c1-15(14(18)19)7-4-8-16(15)13(17)10-21-12-6-3-5-11(9-12)20-2/h3,5-6,9H,4,7-8,10H2,1-2H3,(H,18,19)/t15-/m0/s1. The van der Waals surface area contributed by atoms with Crippen LogP contribution in [0.4, 0.5) is 0 Å². The first kappa shape index (κ1) is 15.2. The Hall–Kier alpha value is -2.24. The molecule has 0 spiro atoms. The van der Waals surface area contributed by atoms with Crippen LogP contribution >= 0.6 is 0 Å². The molecule has 0 radical (unpaired) electrons. The molecule has 1 heterocycles. The zero-order valence-electron chi connectivity index (χ0n) is 12.2. The molecule has 0 aliphatic carbocycles. The minimum Gasteiger partial charge on any atom is -0.497 e. The number of likely N-dealkylation sites (tertiary alicyclic amines) is 1. The lowest BCUT2D eigenvalue weighted by atomic mass is 9.99. The van der Waals surface area contributed by atoms with Crippen molar-refractivity contribution in [2.75, 3.05) is 20.3 Å². The highest BCUT2D eigenvalue weighted by Crippen LogP contribution is 2.29. The first-order chi connectivity index (χ1) is 9.97. The average Bonchev–Trinajstić information content (AvgIpc) is 2.88. The third kappa shape index (κ3) is 3.09. The van der Waals surface area contributed by atoms with Crippen LogP contribution in [0.3, 0.4) is 0 Å². The number of carboxylic acids is 1. The Labute approximate surface area is 123 Å². The first-order valence-electron chi connectivity index (χ1n) is 6.78. The van der Waals surface area contributed by atoms with Crippen molar-refractivity contribution >= 4 is 11.9 Å². The molecule has 1 aromatic carbocycles. The maximum absolute atomic E-state index is 12.2. The van der Waals surface area contributed by atoms with Gasteiger partial charge in [-0.05, 0) is 31.9 Å². The minimum absolute atomic E-state index is 0.184. The lowest BCUT2D eigenvalue weighted by Crippen LogP contribution is -2.52. The number of carbonyl (C=O) groups excluding carboxylic acids is 1. The SMILES string of the molecule is COc1cccc(OCC(=O)N2CCC[C@@]2(C)C(=O)O)c1. The zero-order valence-corrected chi connectivity index (χ0v) is 12.2. The van der Waals surface area contributed by atoms with Gasteiger partial charge in [0.2, 0.25) is 0 Å². The van der Waals surface area contributed by atoms with Crippen LogP contribution in [0.1, 0.15) is 19.8 Å². The molecule has 1 aromatic rings. The molecule has 2 rings (SSSR count). The Morgan fingerprint density at radius 2 is 2.10 bits per heavy atom. The monoisotopic (exact) mass is 293 g/mol. The topological polar surface area (TPSA) is 76.1 Å². The van der Waals surface area contributed by atoms with E-state index in [1.165, 1.54) is 4.90 Å². The molecule has 6 heteroatoms. The number of amides is 1. The van der Waals surface area contributed by atoms with E-state index in [1.807, 2.05) is 0 Å². The maximum atomic E-state index is 12.2. The Bertz CT molecular complexity index is 545. The predicted molar refractivity (Wildman–Crippen MR) is 75.5 cm³/mol. The Morgan fingerprint density at radius 3 is 2.76 bits per heavy atom. The number of rotatable bonds is 5. The van der Waals surface area contributed by atoms with E-state index in [9.17, 15) is 14.7 Å². The smallest absolute Gasteiger partial charge is 0.329 e. The molecule has 1 aliphatic heterocycles. The minimum atomic E-state index is -1.13. The molecule has 1 amide bonds. The molecule has 6 nitrogen and oxygen atoms in total. The largest absolute Gasteiger partial charge is 0.497 e. The fourth-order valence-corrected chi connectivity index (χ4v) is 2.50. The van der Waals surface area contributed by atoms with Gasteiger partial charge in [0.1, 0.15) is 17.0 Å². The van der Waals surface area contributed by atoms with Crippen molar-refractivity contribution in [2.24, 2.45) is 0 Å². The van der Waals surface area contributed by atoms with Crippen LogP contribution in [0.5, 0.6) is 11.5 Å². The molecule has 1 aliphatic rings. The van der Waals surface area contributed by atoms with Crippen LogP contribution in [0.2, 0.25) is 0 Å². The summed E-state index contributed by atoms with van der Waals surface area (Å²) < 4.78 is 10.5. The number of carboxylic acid groups (broad SMARTS) is 1. The molecule has 0 aromatic heterocycles. The van der Waals surface area contributed by atoms with Crippen molar-refractivity contribution in [1.82, 2.24) is 4.90 Å². The quantitative estimate of drug-likeness (QED) is 0.891. The highest BCUT2D eigenvalue weighted by Gasteiger charge is 2.45. The summed E-state index contributed by atoms with van der Waals surface area (Å²) in [6.07, 6.45) is 1.15. The summed E-state index contributed by atoms with van der Waals surface area (Å²) in [7, 11) is 1.55. The third-order valence-electron chi connectivity index (χ3n) is 3.81. The summed E-state index contributed by atoms with van der Waals surface area (Å²) in [5, 5.41) is 9.29. The number of hydrogen-bond donors (Lipinski definition) is 1. The van der Waals surface area contributed by atoms with E-state index < -0.39 is 11.5 Å². The van der Waals surface area contributed by atoms with E-state index in [1.54, 1.807) is 38.3 Å². The highest BCUT2D eigenvalue weighted by atomic mass is 16.5. The van der Waals surface area contributed by atoms with E-state index in [-0.39, 0.29) is 12.5 Å². The molecule has 1 fully saturated rings. The number of nitrogens with zero attached hydrogens (tertiary/aromatic N) is 1. The number of aliphatic carboxylic acids is 1. The molecule has 114 valence electrons. The molecule has 1 atom stereocenters. The number of benzene rings is 1. The van der Waals surface area contributed by atoms with Crippen molar-refractivity contribution in [3.05, 3.63) is 24.3 Å². The second-order valence-electron chi connectivity index (χ2n) is 5.20. The van der Waals surface area contributed by atoms with Crippen LogP contribution in [-0.4, -0.2) is 47.7 Å². The fourth-order valence-electron chi connectivity index (χ4n) is 2.50. The Kier molecular flexibility index (Phi) is 4.35. The molecule has 1 N–H and O–H groups in total. The lowest BCUT2D eigenvalue weighted by Gasteiger charge is -2.31. The summed E-state index contributed by atoms with van der Waals surface area (Å²) in [5.41, 5.74) is -1.13. The van der Waals surface area contributed by atoms with Gasteiger partial charge in [0.15, 0.2) is 6.61 Å². The summed E-state index contributed by atoms with van der Waals surface area (Å²) in [4.78, 5) is 24.9. The Morgan fingerprint density at radius 1 is 1.38 bits per heavy atom. The molecular weight excluding hydrogens is 274 g/mol. The van der Waals surface area contributed by atoms with Gasteiger partial charge in [0, 0.05) is 12.6 Å². The molecule has 0 unspecified atom stereocenters. The zero-order chi connectivity index (χ0) is 15.5. The second-order valence-corrected chi connectivity index (χ2v) is 5.20. The van der Waals surface area contributed by atoms with Gasteiger partial charge in [-0.1, -0.05) is 6.07 Å². The van der Waals surface area contributed by atoms with E-state index in [0.29, 0.717) is 30.9 Å². The number of hydrogen-bond acceptors (Lipinski definition) is 4. The van der Waals surface area contributed by atoms with Crippen LogP contribution in [-0.2, 0) is 9.59 Å². The van der Waals surface area contributed by atoms with Gasteiger partial charge < -0.3 is 19.5 Å². The highest BCUT2D eigenvalue weighted by molar-refractivity contribution is 5.88. The van der Waals surface area contributed by atoms with Crippen molar-refractivity contribution in [2.45, 2.75) is 25.3 Å². The van der Waals surface area contributed by atoms with Crippen LogP contribution in [0.25, 0.3) is 0 Å². The summed E-state index contributed by atoms with van der Waals surface area (Å²) >= 11 is 0. The van der Waals surface area contributed by atoms with Gasteiger partial charge in [-0.25, -0.2) is 4.79 Å². The average molecular weight is 293 g/mol. The van der Waals surface area contributed by atoms with E-state index in [2.05, 4.69) is 0 Å². The van der Waals surface area contributed by atoms with Crippen molar-refractivity contribution in [3.8, 4) is 11.5 Å². The van der Waals surface area contributed by atoms with Gasteiger partial charge >= 0.3 is 5.97 Å². The number of ether oxygens (including phenoxy) is 2. The molecular formula is C15H19NO5. The predicted octanol–water partition coefficient (Wildman–Crippen LogP) is 1.54. The van der Waals surface area contributed by atoms with Crippen molar-refractivity contribution in [3.63, 3.8) is 0 Å². The van der Waals surface area contributed by atoms with Gasteiger partial charge in [-0.2, -0.15) is 0 Å². The van der Waals surface area contributed by atoms with Gasteiger partial charge in [0.05, 0.1) is 7.11 Å². The first-order valence-corrected chi connectivity index (χ1v) is 6.78. The number of methoxy groups -OCH3 is 1.